The van der Waals surface area contributed by atoms with Crippen molar-refractivity contribution in [2.75, 3.05) is 23.9 Å². The first-order valence-corrected chi connectivity index (χ1v) is 18.5. The van der Waals surface area contributed by atoms with E-state index < -0.39 is 11.8 Å². The third kappa shape index (κ3) is 4.97. The topological polar surface area (TPSA) is 118 Å². The van der Waals surface area contributed by atoms with Crippen LogP contribution in [0.15, 0.2) is 94.7 Å². The van der Waals surface area contributed by atoms with Crippen molar-refractivity contribution in [1.82, 2.24) is 4.98 Å². The summed E-state index contributed by atoms with van der Waals surface area (Å²) in [5.74, 6) is -0.758. The number of nitrogens with zero attached hydrogens (tertiary/aromatic N) is 1. The molecule has 0 spiro atoms. The summed E-state index contributed by atoms with van der Waals surface area (Å²) in [4.78, 5) is 58.7. The summed E-state index contributed by atoms with van der Waals surface area (Å²) in [7, 11) is 1.55. The molecule has 252 valence electrons. The Bertz CT molecular complexity index is 2270. The lowest BCUT2D eigenvalue weighted by Crippen LogP contribution is -2.42. The van der Waals surface area contributed by atoms with Crippen LogP contribution in [0.25, 0.3) is 10.8 Å². The van der Waals surface area contributed by atoms with Gasteiger partial charge in [-0.25, -0.2) is 0 Å². The van der Waals surface area contributed by atoms with Crippen LogP contribution in [-0.4, -0.2) is 41.7 Å². The second-order valence-electron chi connectivity index (χ2n) is 13.3. The molecule has 3 fully saturated rings. The van der Waals surface area contributed by atoms with E-state index in [4.69, 9.17) is 21.1 Å². The van der Waals surface area contributed by atoms with E-state index in [-0.39, 0.29) is 58.1 Å². The summed E-state index contributed by atoms with van der Waals surface area (Å²) < 4.78 is 11.7. The van der Waals surface area contributed by atoms with Crippen LogP contribution in [0, 0.1) is 29.6 Å². The van der Waals surface area contributed by atoms with Crippen LogP contribution in [0.2, 0.25) is 5.02 Å². The minimum absolute atomic E-state index is 0.00146. The van der Waals surface area contributed by atoms with Crippen molar-refractivity contribution in [3.63, 3.8) is 0 Å². The third-order valence-electron chi connectivity index (χ3n) is 10.7. The highest BCUT2D eigenvalue weighted by atomic mass is 35.5. The number of aromatic nitrogens is 1. The van der Waals surface area contributed by atoms with E-state index in [0.29, 0.717) is 27.9 Å². The molecule has 1 saturated heterocycles. The summed E-state index contributed by atoms with van der Waals surface area (Å²) >= 11 is 8.94. The van der Waals surface area contributed by atoms with Crippen LogP contribution in [0.3, 0.4) is 0 Å². The molecule has 50 heavy (non-hydrogen) atoms. The average Bonchev–Trinajstić information content (AvgIpc) is 3.86. The molecule has 4 aliphatic rings. The second-order valence-corrected chi connectivity index (χ2v) is 15.9. The largest absolute Gasteiger partial charge is 0.493 e. The second kappa shape index (κ2) is 12.0. The maximum Gasteiger partial charge on any atom is 0.305 e. The van der Waals surface area contributed by atoms with Crippen molar-refractivity contribution >= 4 is 74.6 Å². The molecule has 2 saturated carbocycles. The van der Waals surface area contributed by atoms with Gasteiger partial charge in [0.05, 0.1) is 29.7 Å². The minimum atomic E-state index is -0.421. The van der Waals surface area contributed by atoms with Crippen LogP contribution >= 0.6 is 34.7 Å². The number of halogens is 1. The first-order valence-electron chi connectivity index (χ1n) is 16.4. The van der Waals surface area contributed by atoms with Crippen molar-refractivity contribution in [1.29, 1.82) is 0 Å². The summed E-state index contributed by atoms with van der Waals surface area (Å²) in [6.45, 7) is -0.218. The predicted molar refractivity (Wildman–Crippen MR) is 194 cm³/mol. The Balaban J connectivity index is 0.990. The lowest BCUT2D eigenvalue weighted by atomic mass is 9.68. The molecule has 0 radical (unpaired) electrons. The number of methoxy groups -OCH3 is 1. The number of carbonyl (C=O) groups is 3. The van der Waals surface area contributed by atoms with Gasteiger partial charge >= 0.3 is 4.87 Å². The van der Waals surface area contributed by atoms with Gasteiger partial charge in [-0.15, -0.1) is 11.8 Å². The van der Waals surface area contributed by atoms with E-state index in [0.717, 1.165) is 32.7 Å². The first-order chi connectivity index (χ1) is 24.3. The molecule has 2 N–H and O–H groups in total. The molecule has 0 unspecified atom stereocenters. The maximum absolute atomic E-state index is 14.0. The van der Waals surface area contributed by atoms with E-state index >= 15 is 0 Å². The van der Waals surface area contributed by atoms with E-state index in [1.165, 1.54) is 16.2 Å². The van der Waals surface area contributed by atoms with Gasteiger partial charge in [-0.1, -0.05) is 59.3 Å². The monoisotopic (exact) mass is 723 g/mol. The molecule has 12 heteroatoms. The van der Waals surface area contributed by atoms with Gasteiger partial charge in [0, 0.05) is 26.8 Å². The van der Waals surface area contributed by atoms with Gasteiger partial charge in [-0.2, -0.15) is 0 Å². The number of benzene rings is 4. The maximum atomic E-state index is 14.0. The molecule has 9 nitrogen and oxygen atoms in total. The number of amides is 3. The van der Waals surface area contributed by atoms with Gasteiger partial charge in [0.1, 0.15) is 0 Å². The Morgan fingerprint density at radius 1 is 0.920 bits per heavy atom. The van der Waals surface area contributed by atoms with Crippen molar-refractivity contribution in [3.05, 3.63) is 110 Å². The number of H-pyrrole nitrogens is 1. The number of nitrogens with one attached hydrogen (secondary N) is 2. The van der Waals surface area contributed by atoms with Gasteiger partial charge < -0.3 is 19.8 Å². The lowest BCUT2D eigenvalue weighted by Gasteiger charge is -2.43. The zero-order valence-corrected chi connectivity index (χ0v) is 29.0. The number of carbonyl (C=O) groups excluding carboxylic acids is 3. The fourth-order valence-electron chi connectivity index (χ4n) is 8.84. The fraction of sp³-hybridized carbons (Fsp3) is 0.263. The predicted octanol–water partition coefficient (Wildman–Crippen LogP) is 6.95. The van der Waals surface area contributed by atoms with Gasteiger partial charge in [-0.3, -0.25) is 24.1 Å². The number of anilines is 2. The number of rotatable bonds is 7. The minimum Gasteiger partial charge on any atom is -0.493 e. The molecule has 2 aliphatic carbocycles. The van der Waals surface area contributed by atoms with Crippen LogP contribution in [-0.2, 0) is 14.4 Å². The molecule has 2 bridgehead atoms. The lowest BCUT2D eigenvalue weighted by molar-refractivity contribution is -0.123. The normalized spacial score (nSPS) is 26.1. The third-order valence-corrected chi connectivity index (χ3v) is 13.6. The van der Waals surface area contributed by atoms with Crippen LogP contribution in [0.1, 0.15) is 22.8 Å². The number of aromatic amines is 1. The van der Waals surface area contributed by atoms with E-state index in [1.54, 1.807) is 49.2 Å². The molecule has 3 heterocycles. The van der Waals surface area contributed by atoms with Crippen LogP contribution in [0.5, 0.6) is 11.5 Å². The molecule has 5 aromatic rings. The highest BCUT2D eigenvalue weighted by Crippen LogP contribution is 2.68. The highest BCUT2D eigenvalue weighted by molar-refractivity contribution is 8.00. The van der Waals surface area contributed by atoms with Gasteiger partial charge in [0.25, 0.3) is 5.91 Å². The molecule has 3 amide bonds. The van der Waals surface area contributed by atoms with E-state index in [2.05, 4.69) is 10.3 Å². The van der Waals surface area contributed by atoms with Crippen LogP contribution in [0.4, 0.5) is 11.4 Å². The summed E-state index contributed by atoms with van der Waals surface area (Å²) in [5.41, 5.74) is 2.15. The smallest absolute Gasteiger partial charge is 0.305 e. The van der Waals surface area contributed by atoms with Gasteiger partial charge in [0.15, 0.2) is 18.1 Å². The number of ether oxygens (including phenoxy) is 2. The van der Waals surface area contributed by atoms with E-state index in [9.17, 15) is 19.2 Å². The molecule has 9 rings (SSSR count). The standard InChI is InChI=1S/C38H30ClN3O6S2/c1-47-27-15-20(7-13-26(27)48-17-28(43)40-22-10-6-18-4-2-3-5-19(18)14-22)29-30-24-16-25(33(30)49-35-34(29)50-38(46)41-35)32-31(24)36(44)42(37(32)45)23-11-8-21(39)9-12-23/h2-15,24-25,29-33H,16-17H2,1H3,(H,40,43)(H,41,46)/t24-,25-,29+,30-,31+,32+,33-/m1/s1. The van der Waals surface area contributed by atoms with Crippen molar-refractivity contribution in [3.8, 4) is 11.5 Å². The SMILES string of the molecule is COc1cc([C@@H]2c3sc(=O)[nH]c3S[C@@H]3[C@@H]4C[C@@H]([C@@H]5C(=O)N(c6ccc(Cl)cc6)C(=O)[C@@H]45)[C@H]23)ccc1OCC(=O)Nc1ccc2ccccc2c1. The Labute approximate surface area is 299 Å². The van der Waals surface area contributed by atoms with Gasteiger partial charge in [0.2, 0.25) is 11.8 Å². The van der Waals surface area contributed by atoms with Gasteiger partial charge in [-0.05, 0) is 89.0 Å². The zero-order valence-electron chi connectivity index (χ0n) is 26.6. The summed E-state index contributed by atoms with van der Waals surface area (Å²) in [6, 6.07) is 26.2. The molecule has 4 aromatic carbocycles. The summed E-state index contributed by atoms with van der Waals surface area (Å²) in [5, 5.41) is 6.42. The summed E-state index contributed by atoms with van der Waals surface area (Å²) in [6.07, 6.45) is 0.782. The fourth-order valence-corrected chi connectivity index (χ4v) is 11.9. The Morgan fingerprint density at radius 2 is 1.68 bits per heavy atom. The zero-order chi connectivity index (χ0) is 34.3. The number of hydrogen-bond donors (Lipinski definition) is 2. The molecular weight excluding hydrogens is 694 g/mol. The molecular formula is C38H30ClN3O6S2. The van der Waals surface area contributed by atoms with Crippen molar-refractivity contribution < 1.29 is 23.9 Å². The number of fused-ring (bicyclic) bond motifs is 10. The number of imide groups is 1. The average molecular weight is 724 g/mol. The van der Waals surface area contributed by atoms with Crippen LogP contribution < -0.4 is 24.6 Å². The number of thioether (sulfide) groups is 1. The Hall–Kier alpha value is -4.58. The van der Waals surface area contributed by atoms with Crippen molar-refractivity contribution in [2.45, 2.75) is 22.6 Å². The number of thiazole rings is 1. The molecule has 1 aromatic heterocycles. The van der Waals surface area contributed by atoms with Crippen molar-refractivity contribution in [2.24, 2.45) is 29.6 Å². The number of hydrogen-bond acceptors (Lipinski definition) is 8. The first kappa shape index (κ1) is 31.4. The quantitative estimate of drug-likeness (QED) is 0.175. The Morgan fingerprint density at radius 3 is 2.46 bits per heavy atom. The Kier molecular flexibility index (Phi) is 7.56. The molecule has 7 atom stereocenters. The highest BCUT2D eigenvalue weighted by Gasteiger charge is 2.69. The molecule has 2 aliphatic heterocycles. The van der Waals surface area contributed by atoms with E-state index in [1.807, 2.05) is 54.6 Å².